The highest BCUT2D eigenvalue weighted by Crippen LogP contribution is 2.28. The van der Waals surface area contributed by atoms with Gasteiger partial charge in [-0.3, -0.25) is 0 Å². The molecule has 0 aliphatic rings. The highest BCUT2D eigenvalue weighted by atomic mass is 79.9. The molecule has 112 valence electrons. The zero-order valence-electron chi connectivity index (χ0n) is 12.4. The molecule has 2 aromatic carbocycles. The smallest absolute Gasteiger partial charge is 0.119 e. The molecule has 21 heavy (non-hydrogen) atoms. The normalized spacial score (nSPS) is 12.0. The number of halogens is 1. The first kappa shape index (κ1) is 15.9. The van der Waals surface area contributed by atoms with Crippen molar-refractivity contribution in [1.82, 2.24) is 0 Å². The summed E-state index contributed by atoms with van der Waals surface area (Å²) < 4.78 is 6.59. The van der Waals surface area contributed by atoms with Crippen LogP contribution in [0.2, 0.25) is 0 Å². The van der Waals surface area contributed by atoms with Gasteiger partial charge in [-0.05, 0) is 65.2 Å². The second-order valence-electron chi connectivity index (χ2n) is 4.92. The van der Waals surface area contributed by atoms with Crippen molar-refractivity contribution in [2.75, 3.05) is 18.5 Å². The Morgan fingerprint density at radius 2 is 2.05 bits per heavy atom. The Hall–Kier alpha value is -1.52. The molecule has 4 heteroatoms. The van der Waals surface area contributed by atoms with Crippen LogP contribution < -0.4 is 15.8 Å². The monoisotopic (exact) mass is 348 g/mol. The number of hydrogen-bond acceptors (Lipinski definition) is 3. The molecule has 0 saturated heterocycles. The van der Waals surface area contributed by atoms with Gasteiger partial charge in [-0.1, -0.05) is 18.2 Å². The first-order chi connectivity index (χ1) is 10.1. The van der Waals surface area contributed by atoms with Gasteiger partial charge in [0.2, 0.25) is 0 Å². The van der Waals surface area contributed by atoms with E-state index in [9.17, 15) is 0 Å². The molecule has 0 fully saturated rings. The maximum Gasteiger partial charge on any atom is 0.119 e. The average molecular weight is 349 g/mol. The second kappa shape index (κ2) is 7.48. The second-order valence-corrected chi connectivity index (χ2v) is 5.78. The Bertz CT molecular complexity index is 601. The molecule has 3 nitrogen and oxygen atoms in total. The lowest BCUT2D eigenvalue weighted by molar-refractivity contribution is 0.339. The van der Waals surface area contributed by atoms with Gasteiger partial charge in [0, 0.05) is 16.7 Å². The summed E-state index contributed by atoms with van der Waals surface area (Å²) in [6.07, 6.45) is 0. The first-order valence-electron chi connectivity index (χ1n) is 7.09. The fourth-order valence-electron chi connectivity index (χ4n) is 2.20. The molecule has 0 heterocycles. The van der Waals surface area contributed by atoms with Crippen LogP contribution in [0.15, 0.2) is 46.9 Å². The zero-order valence-corrected chi connectivity index (χ0v) is 14.0. The molecular formula is C17H21BrN2O. The largest absolute Gasteiger partial charge is 0.494 e. The number of anilines is 1. The van der Waals surface area contributed by atoms with E-state index in [0.29, 0.717) is 13.2 Å². The van der Waals surface area contributed by atoms with E-state index in [2.05, 4.69) is 46.4 Å². The molecule has 0 amide bonds. The van der Waals surface area contributed by atoms with Crippen LogP contribution in [0.5, 0.6) is 5.75 Å². The van der Waals surface area contributed by atoms with Crippen molar-refractivity contribution in [1.29, 1.82) is 0 Å². The number of rotatable bonds is 6. The molecule has 0 radical (unpaired) electrons. The molecule has 0 saturated carbocycles. The summed E-state index contributed by atoms with van der Waals surface area (Å²) >= 11 is 3.57. The van der Waals surface area contributed by atoms with Crippen LogP contribution in [0.25, 0.3) is 0 Å². The molecule has 0 spiro atoms. The number of nitrogens with one attached hydrogen (secondary N) is 1. The third-order valence-electron chi connectivity index (χ3n) is 3.26. The molecule has 0 aliphatic heterocycles. The van der Waals surface area contributed by atoms with Gasteiger partial charge in [-0.2, -0.15) is 0 Å². The Morgan fingerprint density at radius 1 is 1.24 bits per heavy atom. The van der Waals surface area contributed by atoms with Crippen molar-refractivity contribution in [3.05, 3.63) is 58.1 Å². The minimum absolute atomic E-state index is 0.0449. The standard InChI is InChI=1S/C17H21BrN2O/c1-3-21-14-6-4-5-13(10-14)17(11-19)20-16-9-12(2)7-8-15(16)18/h4-10,17,20H,3,11,19H2,1-2H3. The number of hydrogen-bond donors (Lipinski definition) is 2. The molecule has 0 bridgehead atoms. The maximum absolute atomic E-state index is 5.95. The highest BCUT2D eigenvalue weighted by molar-refractivity contribution is 9.10. The fraction of sp³-hybridized carbons (Fsp3) is 0.294. The third kappa shape index (κ3) is 4.22. The van der Waals surface area contributed by atoms with Crippen molar-refractivity contribution in [3.8, 4) is 5.75 Å². The molecule has 0 aromatic heterocycles. The van der Waals surface area contributed by atoms with Crippen LogP contribution in [0.4, 0.5) is 5.69 Å². The van der Waals surface area contributed by atoms with Gasteiger partial charge in [0.25, 0.3) is 0 Å². The lowest BCUT2D eigenvalue weighted by Gasteiger charge is -2.20. The number of benzene rings is 2. The van der Waals surface area contributed by atoms with Crippen molar-refractivity contribution < 1.29 is 4.74 Å². The van der Waals surface area contributed by atoms with Crippen LogP contribution in [-0.2, 0) is 0 Å². The Labute approximate surface area is 134 Å². The highest BCUT2D eigenvalue weighted by Gasteiger charge is 2.12. The summed E-state index contributed by atoms with van der Waals surface area (Å²) in [6, 6.07) is 14.3. The van der Waals surface area contributed by atoms with Crippen LogP contribution in [0, 0.1) is 6.92 Å². The topological polar surface area (TPSA) is 47.3 Å². The molecular weight excluding hydrogens is 328 g/mol. The summed E-state index contributed by atoms with van der Waals surface area (Å²) in [4.78, 5) is 0. The first-order valence-corrected chi connectivity index (χ1v) is 7.89. The quantitative estimate of drug-likeness (QED) is 0.819. The van der Waals surface area contributed by atoms with E-state index in [1.54, 1.807) is 0 Å². The summed E-state index contributed by atoms with van der Waals surface area (Å²) in [7, 11) is 0. The van der Waals surface area contributed by atoms with Gasteiger partial charge in [0.15, 0.2) is 0 Å². The summed E-state index contributed by atoms with van der Waals surface area (Å²) in [6.45, 7) is 5.23. The van der Waals surface area contributed by atoms with E-state index in [1.807, 2.05) is 31.2 Å². The predicted molar refractivity (Wildman–Crippen MR) is 91.9 cm³/mol. The minimum atomic E-state index is 0.0449. The van der Waals surface area contributed by atoms with Crippen LogP contribution in [-0.4, -0.2) is 13.2 Å². The lowest BCUT2D eigenvalue weighted by Crippen LogP contribution is -2.20. The summed E-state index contributed by atoms with van der Waals surface area (Å²) in [5, 5.41) is 3.50. The molecule has 2 rings (SSSR count). The lowest BCUT2D eigenvalue weighted by atomic mass is 10.1. The zero-order chi connectivity index (χ0) is 15.2. The van der Waals surface area contributed by atoms with Gasteiger partial charge < -0.3 is 15.8 Å². The van der Waals surface area contributed by atoms with Gasteiger partial charge in [0.1, 0.15) is 5.75 Å². The van der Waals surface area contributed by atoms with E-state index >= 15 is 0 Å². The molecule has 1 atom stereocenters. The summed E-state index contributed by atoms with van der Waals surface area (Å²) in [5.74, 6) is 0.874. The van der Waals surface area contributed by atoms with Crippen molar-refractivity contribution in [2.24, 2.45) is 5.73 Å². The Balaban J connectivity index is 2.23. The Morgan fingerprint density at radius 3 is 2.76 bits per heavy atom. The number of ether oxygens (including phenoxy) is 1. The molecule has 2 aromatic rings. The average Bonchev–Trinajstić information content (AvgIpc) is 2.49. The van der Waals surface area contributed by atoms with Crippen LogP contribution in [0.3, 0.4) is 0 Å². The fourth-order valence-corrected chi connectivity index (χ4v) is 2.56. The van der Waals surface area contributed by atoms with Crippen molar-refractivity contribution in [2.45, 2.75) is 19.9 Å². The molecule has 0 aliphatic carbocycles. The van der Waals surface area contributed by atoms with E-state index in [-0.39, 0.29) is 6.04 Å². The van der Waals surface area contributed by atoms with E-state index < -0.39 is 0 Å². The van der Waals surface area contributed by atoms with E-state index in [0.717, 1.165) is 21.5 Å². The van der Waals surface area contributed by atoms with Gasteiger partial charge in [-0.25, -0.2) is 0 Å². The van der Waals surface area contributed by atoms with Crippen LogP contribution in [0.1, 0.15) is 24.1 Å². The maximum atomic E-state index is 5.95. The predicted octanol–water partition coefficient (Wildman–Crippen LogP) is 4.27. The minimum Gasteiger partial charge on any atom is -0.494 e. The molecule has 1 unspecified atom stereocenters. The number of aryl methyl sites for hydroxylation is 1. The van der Waals surface area contributed by atoms with E-state index in [1.165, 1.54) is 5.56 Å². The van der Waals surface area contributed by atoms with Crippen LogP contribution >= 0.6 is 15.9 Å². The van der Waals surface area contributed by atoms with E-state index in [4.69, 9.17) is 10.5 Å². The number of nitrogens with two attached hydrogens (primary N) is 1. The van der Waals surface area contributed by atoms with Gasteiger partial charge in [0.05, 0.1) is 12.6 Å². The summed E-state index contributed by atoms with van der Waals surface area (Å²) in [5.41, 5.74) is 9.32. The third-order valence-corrected chi connectivity index (χ3v) is 3.95. The molecule has 3 N–H and O–H groups in total. The van der Waals surface area contributed by atoms with Gasteiger partial charge in [-0.15, -0.1) is 0 Å². The van der Waals surface area contributed by atoms with Crippen molar-refractivity contribution in [3.63, 3.8) is 0 Å². The van der Waals surface area contributed by atoms with Crippen molar-refractivity contribution >= 4 is 21.6 Å². The SMILES string of the molecule is CCOc1cccc(C(CN)Nc2cc(C)ccc2Br)c1. The Kier molecular flexibility index (Phi) is 5.65. The van der Waals surface area contributed by atoms with Gasteiger partial charge >= 0.3 is 0 Å².